The zero-order chi connectivity index (χ0) is 12.1. The van der Waals surface area contributed by atoms with E-state index in [0.29, 0.717) is 13.1 Å². The van der Waals surface area contributed by atoms with Gasteiger partial charge >= 0.3 is 0 Å². The maximum atomic E-state index is 5.48. The van der Waals surface area contributed by atoms with Crippen LogP contribution in [0.25, 0.3) is 0 Å². The first-order chi connectivity index (χ1) is 8.33. The van der Waals surface area contributed by atoms with E-state index in [1.54, 1.807) is 0 Å². The molecule has 6 heteroatoms. The predicted octanol–water partition coefficient (Wildman–Crippen LogP) is 0.434. The highest BCUT2D eigenvalue weighted by Gasteiger charge is 2.04. The molecule has 0 spiro atoms. The number of hydrogen-bond acceptors (Lipinski definition) is 4. The SMILES string of the molecule is CCCn1cncc1Cn1cc(CCN)nn1. The Labute approximate surface area is 100 Å². The molecule has 2 aromatic rings. The van der Waals surface area contributed by atoms with Crippen LogP contribution in [0.2, 0.25) is 0 Å². The van der Waals surface area contributed by atoms with Gasteiger partial charge in [-0.3, -0.25) is 0 Å². The first-order valence-electron chi connectivity index (χ1n) is 5.91. The minimum absolute atomic E-state index is 0.604. The van der Waals surface area contributed by atoms with Gasteiger partial charge in [0, 0.05) is 19.2 Å². The van der Waals surface area contributed by atoms with Crippen molar-refractivity contribution in [3.05, 3.63) is 30.1 Å². The lowest BCUT2D eigenvalue weighted by Gasteiger charge is -2.05. The van der Waals surface area contributed by atoms with Crippen LogP contribution in [0.15, 0.2) is 18.7 Å². The Morgan fingerprint density at radius 2 is 2.29 bits per heavy atom. The van der Waals surface area contributed by atoms with Gasteiger partial charge in [-0.2, -0.15) is 0 Å². The van der Waals surface area contributed by atoms with Crippen molar-refractivity contribution in [2.45, 2.75) is 32.9 Å². The summed E-state index contributed by atoms with van der Waals surface area (Å²) >= 11 is 0. The second-order valence-corrected chi connectivity index (χ2v) is 4.02. The minimum Gasteiger partial charge on any atom is -0.333 e. The van der Waals surface area contributed by atoms with Crippen LogP contribution in [0.3, 0.4) is 0 Å². The Kier molecular flexibility index (Phi) is 3.87. The first-order valence-corrected chi connectivity index (χ1v) is 5.91. The molecular weight excluding hydrogens is 216 g/mol. The van der Waals surface area contributed by atoms with Crippen molar-refractivity contribution in [3.8, 4) is 0 Å². The van der Waals surface area contributed by atoms with Gasteiger partial charge in [0.05, 0.1) is 30.5 Å². The molecule has 92 valence electrons. The summed E-state index contributed by atoms with van der Waals surface area (Å²) in [6.45, 7) is 4.45. The number of hydrogen-bond donors (Lipinski definition) is 1. The van der Waals surface area contributed by atoms with Crippen molar-refractivity contribution in [1.29, 1.82) is 0 Å². The zero-order valence-corrected chi connectivity index (χ0v) is 10.1. The lowest BCUT2D eigenvalue weighted by Crippen LogP contribution is -2.07. The second kappa shape index (κ2) is 5.58. The van der Waals surface area contributed by atoms with Gasteiger partial charge in [0.1, 0.15) is 0 Å². The summed E-state index contributed by atoms with van der Waals surface area (Å²) in [6, 6.07) is 0. The van der Waals surface area contributed by atoms with Crippen LogP contribution in [-0.2, 0) is 19.5 Å². The third-order valence-electron chi connectivity index (χ3n) is 2.57. The minimum atomic E-state index is 0.604. The van der Waals surface area contributed by atoms with E-state index in [9.17, 15) is 0 Å². The van der Waals surface area contributed by atoms with Crippen molar-refractivity contribution in [2.75, 3.05) is 6.54 Å². The van der Waals surface area contributed by atoms with E-state index in [-0.39, 0.29) is 0 Å². The Morgan fingerprint density at radius 1 is 1.41 bits per heavy atom. The number of aryl methyl sites for hydroxylation is 1. The normalized spacial score (nSPS) is 10.9. The summed E-state index contributed by atoms with van der Waals surface area (Å²) in [6.07, 6.45) is 7.54. The third kappa shape index (κ3) is 2.91. The number of nitrogens with two attached hydrogens (primary N) is 1. The summed E-state index contributed by atoms with van der Waals surface area (Å²) in [4.78, 5) is 4.16. The van der Waals surface area contributed by atoms with Crippen molar-refractivity contribution in [2.24, 2.45) is 5.73 Å². The quantitative estimate of drug-likeness (QED) is 0.786. The molecule has 0 saturated heterocycles. The molecule has 0 fully saturated rings. The molecule has 0 aliphatic rings. The van der Waals surface area contributed by atoms with Gasteiger partial charge in [-0.15, -0.1) is 5.10 Å². The molecule has 0 bridgehead atoms. The molecule has 2 N–H and O–H groups in total. The average molecular weight is 234 g/mol. The summed E-state index contributed by atoms with van der Waals surface area (Å²) in [5.74, 6) is 0. The lowest BCUT2D eigenvalue weighted by molar-refractivity contribution is 0.583. The van der Waals surface area contributed by atoms with Gasteiger partial charge in [-0.1, -0.05) is 12.1 Å². The molecule has 0 aromatic carbocycles. The van der Waals surface area contributed by atoms with Gasteiger partial charge in [0.25, 0.3) is 0 Å². The Morgan fingerprint density at radius 3 is 3.06 bits per heavy atom. The van der Waals surface area contributed by atoms with E-state index < -0.39 is 0 Å². The molecule has 0 radical (unpaired) electrons. The highest BCUT2D eigenvalue weighted by Crippen LogP contribution is 2.04. The van der Waals surface area contributed by atoms with E-state index >= 15 is 0 Å². The standard InChI is InChI=1S/C11H18N6/c1-2-5-16-9-13-6-11(16)8-17-7-10(3-4-12)14-15-17/h6-7,9H,2-5,8,12H2,1H3. The third-order valence-corrected chi connectivity index (χ3v) is 2.57. The monoisotopic (exact) mass is 234 g/mol. The van der Waals surface area contributed by atoms with Crippen LogP contribution < -0.4 is 5.73 Å². The van der Waals surface area contributed by atoms with Crippen molar-refractivity contribution < 1.29 is 0 Å². The van der Waals surface area contributed by atoms with E-state index in [1.807, 2.05) is 23.4 Å². The van der Waals surface area contributed by atoms with Crippen molar-refractivity contribution >= 4 is 0 Å². The average Bonchev–Trinajstić information content (AvgIpc) is 2.91. The molecule has 0 aliphatic heterocycles. The smallest absolute Gasteiger partial charge is 0.0948 e. The molecule has 0 aliphatic carbocycles. The molecule has 17 heavy (non-hydrogen) atoms. The van der Waals surface area contributed by atoms with Gasteiger partial charge in [-0.25, -0.2) is 9.67 Å². The van der Waals surface area contributed by atoms with Crippen LogP contribution in [-0.4, -0.2) is 31.1 Å². The Balaban J connectivity index is 2.05. The van der Waals surface area contributed by atoms with Crippen LogP contribution >= 0.6 is 0 Å². The van der Waals surface area contributed by atoms with E-state index in [0.717, 1.165) is 30.8 Å². The lowest BCUT2D eigenvalue weighted by atomic mass is 10.3. The fourth-order valence-electron chi connectivity index (χ4n) is 1.77. The molecule has 6 nitrogen and oxygen atoms in total. The largest absolute Gasteiger partial charge is 0.333 e. The molecule has 2 aromatic heterocycles. The molecule has 0 amide bonds. The zero-order valence-electron chi connectivity index (χ0n) is 10.1. The van der Waals surface area contributed by atoms with Gasteiger partial charge in [0.2, 0.25) is 0 Å². The summed E-state index contributed by atoms with van der Waals surface area (Å²) in [5, 5.41) is 8.15. The van der Waals surface area contributed by atoms with Crippen LogP contribution in [0.4, 0.5) is 0 Å². The Bertz CT molecular complexity index is 458. The van der Waals surface area contributed by atoms with E-state index in [1.165, 1.54) is 0 Å². The second-order valence-electron chi connectivity index (χ2n) is 4.02. The highest BCUT2D eigenvalue weighted by molar-refractivity contribution is 5.01. The Hall–Kier alpha value is -1.69. The molecule has 0 unspecified atom stereocenters. The van der Waals surface area contributed by atoms with Crippen molar-refractivity contribution in [3.63, 3.8) is 0 Å². The number of nitrogens with zero attached hydrogens (tertiary/aromatic N) is 5. The first kappa shape index (κ1) is 11.8. The van der Waals surface area contributed by atoms with E-state index in [2.05, 4.69) is 26.8 Å². The van der Waals surface area contributed by atoms with Crippen LogP contribution in [0.1, 0.15) is 24.7 Å². The van der Waals surface area contributed by atoms with Gasteiger partial charge < -0.3 is 10.3 Å². The number of rotatable bonds is 6. The number of aromatic nitrogens is 5. The summed E-state index contributed by atoms with van der Waals surface area (Å²) < 4.78 is 3.97. The van der Waals surface area contributed by atoms with Crippen molar-refractivity contribution in [1.82, 2.24) is 24.5 Å². The molecule has 2 heterocycles. The fraction of sp³-hybridized carbons (Fsp3) is 0.545. The molecule has 0 saturated carbocycles. The summed E-state index contributed by atoms with van der Waals surface area (Å²) in [5.41, 5.74) is 7.57. The fourth-order valence-corrected chi connectivity index (χ4v) is 1.77. The van der Waals surface area contributed by atoms with E-state index in [4.69, 9.17) is 5.73 Å². The van der Waals surface area contributed by atoms with Crippen LogP contribution in [0, 0.1) is 0 Å². The molecular formula is C11H18N6. The topological polar surface area (TPSA) is 74.5 Å². The summed E-state index contributed by atoms with van der Waals surface area (Å²) in [7, 11) is 0. The van der Waals surface area contributed by atoms with Gasteiger partial charge in [0.15, 0.2) is 0 Å². The molecule has 0 atom stereocenters. The van der Waals surface area contributed by atoms with Crippen LogP contribution in [0.5, 0.6) is 0 Å². The highest BCUT2D eigenvalue weighted by atomic mass is 15.4. The number of imidazole rings is 1. The maximum absolute atomic E-state index is 5.48. The predicted molar refractivity (Wildman–Crippen MR) is 64.4 cm³/mol. The molecule has 2 rings (SSSR count). The van der Waals surface area contributed by atoms with Gasteiger partial charge in [-0.05, 0) is 13.0 Å². The maximum Gasteiger partial charge on any atom is 0.0948 e.